The highest BCUT2D eigenvalue weighted by atomic mass is 79.9. The molecule has 1 aliphatic heterocycles. The number of hydrogen-bond donors (Lipinski definition) is 3. The van der Waals surface area contributed by atoms with E-state index in [4.69, 9.17) is 5.73 Å². The minimum absolute atomic E-state index is 0.0331. The number of carbonyl (C=O) groups is 3. The summed E-state index contributed by atoms with van der Waals surface area (Å²) in [5.41, 5.74) is 8.02. The van der Waals surface area contributed by atoms with E-state index in [0.717, 1.165) is 16.7 Å². The van der Waals surface area contributed by atoms with Gasteiger partial charge in [0.25, 0.3) is 5.91 Å². The van der Waals surface area contributed by atoms with Crippen LogP contribution in [0.3, 0.4) is 0 Å². The van der Waals surface area contributed by atoms with Crippen molar-refractivity contribution in [3.8, 4) is 11.1 Å². The first-order valence-corrected chi connectivity index (χ1v) is 13.8. The number of anilines is 1. The number of likely N-dealkylation sites (tertiary alicyclic amines) is 1. The highest BCUT2D eigenvalue weighted by molar-refractivity contribution is 9.10. The minimum atomic E-state index is -0.792. The summed E-state index contributed by atoms with van der Waals surface area (Å²) in [6.07, 6.45) is 4.33. The van der Waals surface area contributed by atoms with Crippen LogP contribution in [0.1, 0.15) is 34.7 Å². The number of hydrogen-bond acceptors (Lipinski definition) is 8. The van der Waals surface area contributed by atoms with Gasteiger partial charge in [-0.2, -0.15) is 5.10 Å². The van der Waals surface area contributed by atoms with Crippen LogP contribution in [0.4, 0.5) is 5.82 Å². The number of amides is 3. The van der Waals surface area contributed by atoms with Crippen molar-refractivity contribution >= 4 is 50.4 Å². The standard InChI is InChI=1S/C28H27BrN8O4/c1-14-3-6-22(29)33-26(14)34-27(41)20-8-28(13-38)9-21(28)37(20)23(39)12-36-19-5-4-16(17-10-31-15(2)32-11-17)7-18(19)24(35-36)25(30)40/h3-7,10-11,20-21,38H,8-9,12-13H2,1-2H3,(H2,30,40)(H,33,34,41)/t20-,21+,28-/m0/s1. The zero-order valence-electron chi connectivity index (χ0n) is 22.3. The Balaban J connectivity index is 1.30. The molecule has 3 amide bonds. The zero-order valence-corrected chi connectivity index (χ0v) is 23.9. The lowest BCUT2D eigenvalue weighted by Gasteiger charge is -2.27. The van der Waals surface area contributed by atoms with Gasteiger partial charge in [0.2, 0.25) is 11.8 Å². The number of carbonyl (C=O) groups excluding carboxylic acids is 3. The predicted octanol–water partition coefficient (Wildman–Crippen LogP) is 2.36. The molecule has 2 aliphatic rings. The van der Waals surface area contributed by atoms with Gasteiger partial charge in [0.05, 0.1) is 12.1 Å². The van der Waals surface area contributed by atoms with Gasteiger partial charge in [-0.1, -0.05) is 12.1 Å². The van der Waals surface area contributed by atoms with Crippen molar-refractivity contribution in [1.82, 2.24) is 29.6 Å². The number of piperidine rings is 1. The summed E-state index contributed by atoms with van der Waals surface area (Å²) in [6.45, 7) is 3.28. The third-order valence-corrected chi connectivity index (χ3v) is 8.45. The first kappa shape index (κ1) is 27.0. The molecule has 0 bridgehead atoms. The lowest BCUT2D eigenvalue weighted by atomic mass is 10.0. The highest BCUT2D eigenvalue weighted by Crippen LogP contribution is 2.59. The lowest BCUT2D eigenvalue weighted by molar-refractivity contribution is -0.138. The Bertz CT molecular complexity index is 1720. The number of aryl methyl sites for hydroxylation is 2. The number of nitrogens with one attached hydrogen (secondary N) is 1. The average molecular weight is 619 g/mol. The summed E-state index contributed by atoms with van der Waals surface area (Å²) in [5, 5.41) is 17.8. The van der Waals surface area contributed by atoms with Crippen LogP contribution in [0.5, 0.6) is 0 Å². The number of nitrogens with two attached hydrogens (primary N) is 1. The number of rotatable bonds is 7. The van der Waals surface area contributed by atoms with Crippen LogP contribution in [0.25, 0.3) is 22.0 Å². The van der Waals surface area contributed by atoms with Crippen LogP contribution in [0.15, 0.2) is 47.3 Å². The van der Waals surface area contributed by atoms with E-state index in [0.29, 0.717) is 40.0 Å². The molecular weight excluding hydrogens is 592 g/mol. The number of aliphatic hydroxyl groups excluding tert-OH is 1. The van der Waals surface area contributed by atoms with Gasteiger partial charge < -0.3 is 21.1 Å². The summed E-state index contributed by atoms with van der Waals surface area (Å²) < 4.78 is 2.00. The fourth-order valence-corrected chi connectivity index (χ4v) is 5.99. The van der Waals surface area contributed by atoms with Gasteiger partial charge in [0.15, 0.2) is 5.69 Å². The quantitative estimate of drug-likeness (QED) is 0.265. The second kappa shape index (κ2) is 10.00. The van der Waals surface area contributed by atoms with Crippen LogP contribution >= 0.6 is 15.9 Å². The zero-order chi connectivity index (χ0) is 29.1. The lowest BCUT2D eigenvalue weighted by Crippen LogP contribution is -2.47. The SMILES string of the molecule is Cc1ncc(-c2ccc3c(c2)c(C(N)=O)nn3CC(=O)N2[C@H](C(=O)Nc3nc(Br)ccc3C)C[C@@]3(CO)C[C@@H]23)cn1. The van der Waals surface area contributed by atoms with E-state index in [-0.39, 0.29) is 36.7 Å². The number of primary amides is 1. The molecule has 41 heavy (non-hydrogen) atoms. The number of aromatic nitrogens is 5. The predicted molar refractivity (Wildman–Crippen MR) is 152 cm³/mol. The summed E-state index contributed by atoms with van der Waals surface area (Å²) >= 11 is 3.32. The molecule has 13 heteroatoms. The van der Waals surface area contributed by atoms with Crippen molar-refractivity contribution in [3.05, 3.63) is 64.4 Å². The fourth-order valence-electron chi connectivity index (χ4n) is 5.68. The molecule has 1 saturated carbocycles. The second-order valence-corrected chi connectivity index (χ2v) is 11.5. The molecule has 0 spiro atoms. The minimum Gasteiger partial charge on any atom is -0.396 e. The molecular formula is C28H27BrN8O4. The van der Waals surface area contributed by atoms with Crippen LogP contribution in [-0.2, 0) is 16.1 Å². The van der Waals surface area contributed by atoms with Gasteiger partial charge in [0, 0.05) is 34.8 Å². The summed E-state index contributed by atoms with van der Waals surface area (Å²) in [7, 11) is 0. The van der Waals surface area contributed by atoms with Gasteiger partial charge in [-0.05, 0) is 71.9 Å². The van der Waals surface area contributed by atoms with Crippen molar-refractivity contribution in [2.75, 3.05) is 11.9 Å². The van der Waals surface area contributed by atoms with Crippen molar-refractivity contribution in [2.24, 2.45) is 11.1 Å². The number of pyridine rings is 1. The van der Waals surface area contributed by atoms with E-state index in [1.54, 1.807) is 42.4 Å². The van der Waals surface area contributed by atoms with E-state index in [1.807, 2.05) is 19.1 Å². The molecule has 210 valence electrons. The van der Waals surface area contributed by atoms with E-state index in [9.17, 15) is 19.5 Å². The number of benzene rings is 1. The third kappa shape index (κ3) is 4.74. The molecule has 1 aliphatic carbocycles. The number of nitrogens with zero attached hydrogens (tertiary/aromatic N) is 6. The van der Waals surface area contributed by atoms with Crippen LogP contribution in [0, 0.1) is 19.3 Å². The van der Waals surface area contributed by atoms with Crippen LogP contribution in [-0.4, -0.2) is 71.2 Å². The summed E-state index contributed by atoms with van der Waals surface area (Å²) in [6, 6.07) is 7.92. The van der Waals surface area contributed by atoms with Gasteiger partial charge in [-0.3, -0.25) is 19.1 Å². The molecule has 0 unspecified atom stereocenters. The van der Waals surface area contributed by atoms with Crippen molar-refractivity contribution in [3.63, 3.8) is 0 Å². The maximum atomic E-state index is 13.8. The molecule has 2 fully saturated rings. The van der Waals surface area contributed by atoms with E-state index in [1.165, 1.54) is 4.68 Å². The largest absolute Gasteiger partial charge is 0.396 e. The average Bonchev–Trinajstić information content (AvgIpc) is 3.38. The summed E-state index contributed by atoms with van der Waals surface area (Å²) in [5.74, 6) is -0.417. The number of fused-ring (bicyclic) bond motifs is 2. The maximum absolute atomic E-state index is 13.8. The second-order valence-electron chi connectivity index (χ2n) is 10.7. The Labute approximate surface area is 243 Å². The van der Waals surface area contributed by atoms with E-state index >= 15 is 0 Å². The molecule has 6 rings (SSSR count). The third-order valence-electron chi connectivity index (χ3n) is 8.01. The van der Waals surface area contributed by atoms with Crippen molar-refractivity contribution in [2.45, 2.75) is 45.3 Å². The monoisotopic (exact) mass is 618 g/mol. The van der Waals surface area contributed by atoms with Crippen molar-refractivity contribution < 1.29 is 19.5 Å². The Morgan fingerprint density at radius 1 is 1.12 bits per heavy atom. The first-order chi connectivity index (χ1) is 19.6. The summed E-state index contributed by atoms with van der Waals surface area (Å²) in [4.78, 5) is 53.9. The Hall–Kier alpha value is -4.23. The Morgan fingerprint density at radius 2 is 1.88 bits per heavy atom. The van der Waals surface area contributed by atoms with Crippen LogP contribution in [0.2, 0.25) is 0 Å². The molecule has 3 aromatic heterocycles. The van der Waals surface area contributed by atoms with Crippen LogP contribution < -0.4 is 11.1 Å². The van der Waals surface area contributed by atoms with E-state index in [2.05, 4.69) is 41.3 Å². The molecule has 3 atom stereocenters. The van der Waals surface area contributed by atoms with E-state index < -0.39 is 17.4 Å². The Kier molecular flexibility index (Phi) is 6.57. The molecule has 4 aromatic rings. The van der Waals surface area contributed by atoms with Gasteiger partial charge in [0.1, 0.15) is 28.8 Å². The molecule has 1 saturated heterocycles. The fraction of sp³-hybridized carbons (Fsp3) is 0.321. The van der Waals surface area contributed by atoms with Crippen molar-refractivity contribution in [1.29, 1.82) is 0 Å². The normalized spacial score (nSPS) is 21.1. The topological polar surface area (TPSA) is 169 Å². The molecule has 12 nitrogen and oxygen atoms in total. The number of halogens is 1. The smallest absolute Gasteiger partial charge is 0.269 e. The highest BCUT2D eigenvalue weighted by Gasteiger charge is 2.66. The number of aliphatic hydroxyl groups is 1. The van der Waals surface area contributed by atoms with Gasteiger partial charge in [-0.25, -0.2) is 15.0 Å². The van der Waals surface area contributed by atoms with Gasteiger partial charge in [-0.15, -0.1) is 0 Å². The first-order valence-electron chi connectivity index (χ1n) is 13.1. The molecule has 0 radical (unpaired) electrons. The molecule has 1 aromatic carbocycles. The Morgan fingerprint density at radius 3 is 2.59 bits per heavy atom. The maximum Gasteiger partial charge on any atom is 0.269 e. The molecule has 4 N–H and O–H groups in total. The molecule has 4 heterocycles. The van der Waals surface area contributed by atoms with Gasteiger partial charge >= 0.3 is 0 Å².